The number of ether oxygens (including phenoxy) is 1. The quantitative estimate of drug-likeness (QED) is 0.829. The minimum Gasteiger partial charge on any atom is -0.489 e. The third-order valence-corrected chi connectivity index (χ3v) is 2.68. The Morgan fingerprint density at radius 2 is 1.75 bits per heavy atom. The number of nitrogens with two attached hydrogens (primary N) is 1. The van der Waals surface area contributed by atoms with E-state index in [1.54, 1.807) is 12.1 Å². The molecule has 0 atom stereocenters. The van der Waals surface area contributed by atoms with Crippen molar-refractivity contribution in [2.24, 2.45) is 0 Å². The second-order valence-corrected chi connectivity index (χ2v) is 4.73. The Labute approximate surface area is 118 Å². The molecule has 0 aromatic heterocycles. The fraction of sp³-hybridized carbons (Fsp3) is 0.188. The lowest BCUT2D eigenvalue weighted by molar-refractivity contribution is 0.244. The second kappa shape index (κ2) is 5.98. The van der Waals surface area contributed by atoms with Gasteiger partial charge in [-0.15, -0.1) is 0 Å². The number of nitrogens with zero attached hydrogens (tertiary/aromatic N) is 1. The summed E-state index contributed by atoms with van der Waals surface area (Å²) in [6, 6.07) is 14.9. The van der Waals surface area contributed by atoms with Gasteiger partial charge in [-0.1, -0.05) is 0 Å². The van der Waals surface area contributed by atoms with E-state index >= 15 is 0 Å². The monoisotopic (exact) mass is 267 g/mol. The molecule has 0 aliphatic rings. The van der Waals surface area contributed by atoms with Crippen molar-refractivity contribution in [1.29, 1.82) is 5.26 Å². The molecule has 3 N–H and O–H groups in total. The zero-order valence-electron chi connectivity index (χ0n) is 11.6. The van der Waals surface area contributed by atoms with Crippen LogP contribution in [-0.2, 0) is 0 Å². The summed E-state index contributed by atoms with van der Waals surface area (Å²) in [6.07, 6.45) is 0.0717. The van der Waals surface area contributed by atoms with Crippen molar-refractivity contribution in [1.82, 2.24) is 0 Å². The minimum absolute atomic E-state index is 0.0717. The molecule has 0 aliphatic carbocycles. The van der Waals surface area contributed by atoms with Crippen molar-refractivity contribution in [3.8, 4) is 11.8 Å². The Morgan fingerprint density at radius 3 is 2.35 bits per heavy atom. The van der Waals surface area contributed by atoms with E-state index in [4.69, 9.17) is 15.7 Å². The number of nitriles is 1. The number of benzene rings is 2. The maximum atomic E-state index is 8.77. The van der Waals surface area contributed by atoms with Crippen LogP contribution in [0.5, 0.6) is 5.75 Å². The topological polar surface area (TPSA) is 71.1 Å². The average molecular weight is 267 g/mol. The summed E-state index contributed by atoms with van der Waals surface area (Å²) in [6.45, 7) is 3.92. The highest BCUT2D eigenvalue weighted by molar-refractivity contribution is 5.67. The van der Waals surface area contributed by atoms with E-state index in [0.717, 1.165) is 11.4 Å². The van der Waals surface area contributed by atoms with Gasteiger partial charge in [0.25, 0.3) is 0 Å². The molecule has 102 valence electrons. The molecule has 0 spiro atoms. The van der Waals surface area contributed by atoms with Crippen molar-refractivity contribution >= 4 is 17.1 Å². The van der Waals surface area contributed by atoms with Gasteiger partial charge in [-0.25, -0.2) is 0 Å². The van der Waals surface area contributed by atoms with Crippen LogP contribution in [0.2, 0.25) is 0 Å². The van der Waals surface area contributed by atoms with Gasteiger partial charge in [-0.3, -0.25) is 0 Å². The lowest BCUT2D eigenvalue weighted by Crippen LogP contribution is -2.07. The maximum Gasteiger partial charge on any atom is 0.144 e. The van der Waals surface area contributed by atoms with Crippen LogP contribution in [0.25, 0.3) is 0 Å². The fourth-order valence-electron chi connectivity index (χ4n) is 1.76. The molecule has 0 saturated heterocycles. The molecule has 0 fully saturated rings. The molecule has 4 heteroatoms. The number of hydrogen-bond acceptors (Lipinski definition) is 4. The number of nitrogens with one attached hydrogen (secondary N) is 1. The third kappa shape index (κ3) is 3.42. The van der Waals surface area contributed by atoms with Crippen LogP contribution in [0.3, 0.4) is 0 Å². The maximum absolute atomic E-state index is 8.77. The van der Waals surface area contributed by atoms with Crippen LogP contribution in [0.1, 0.15) is 19.4 Å². The summed E-state index contributed by atoms with van der Waals surface area (Å²) in [5.41, 5.74) is 8.93. The second-order valence-electron chi connectivity index (χ2n) is 4.73. The van der Waals surface area contributed by atoms with E-state index in [-0.39, 0.29) is 6.10 Å². The van der Waals surface area contributed by atoms with E-state index in [2.05, 4.69) is 11.4 Å². The van der Waals surface area contributed by atoms with Crippen LogP contribution in [0.15, 0.2) is 42.5 Å². The lowest BCUT2D eigenvalue weighted by atomic mass is 10.2. The van der Waals surface area contributed by atoms with Crippen molar-refractivity contribution < 1.29 is 4.74 Å². The number of anilines is 3. The summed E-state index contributed by atoms with van der Waals surface area (Å²) in [7, 11) is 0. The molecule has 0 heterocycles. The van der Waals surface area contributed by atoms with Crippen LogP contribution >= 0.6 is 0 Å². The van der Waals surface area contributed by atoms with Gasteiger partial charge >= 0.3 is 0 Å². The van der Waals surface area contributed by atoms with Crippen molar-refractivity contribution in [2.45, 2.75) is 20.0 Å². The van der Waals surface area contributed by atoms with Gasteiger partial charge < -0.3 is 15.8 Å². The molecule has 0 saturated carbocycles. The van der Waals surface area contributed by atoms with Crippen LogP contribution in [-0.4, -0.2) is 6.10 Å². The van der Waals surface area contributed by atoms with Crippen LogP contribution < -0.4 is 15.8 Å². The minimum atomic E-state index is 0.0717. The Morgan fingerprint density at radius 1 is 1.10 bits per heavy atom. The third-order valence-electron chi connectivity index (χ3n) is 2.68. The molecule has 20 heavy (non-hydrogen) atoms. The first-order chi connectivity index (χ1) is 9.58. The van der Waals surface area contributed by atoms with Crippen molar-refractivity contribution in [3.05, 3.63) is 48.0 Å². The highest BCUT2D eigenvalue weighted by Gasteiger charge is 2.05. The predicted molar refractivity (Wildman–Crippen MR) is 81.1 cm³/mol. The zero-order valence-corrected chi connectivity index (χ0v) is 11.6. The molecule has 4 nitrogen and oxygen atoms in total. The molecule has 0 aliphatic heterocycles. The first-order valence-electron chi connectivity index (χ1n) is 6.42. The summed E-state index contributed by atoms with van der Waals surface area (Å²) in [4.78, 5) is 0. The summed E-state index contributed by atoms with van der Waals surface area (Å²) < 4.78 is 5.65. The van der Waals surface area contributed by atoms with Crippen molar-refractivity contribution in [2.75, 3.05) is 11.1 Å². The highest BCUT2D eigenvalue weighted by atomic mass is 16.5. The summed E-state index contributed by atoms with van der Waals surface area (Å²) in [5, 5.41) is 12.0. The molecule has 2 rings (SSSR count). The Hall–Kier alpha value is -2.67. The van der Waals surface area contributed by atoms with Crippen LogP contribution in [0.4, 0.5) is 17.1 Å². The molecule has 0 unspecified atom stereocenters. The first kappa shape index (κ1) is 13.8. The number of rotatable bonds is 4. The first-order valence-corrected chi connectivity index (χ1v) is 6.42. The molecular weight excluding hydrogens is 250 g/mol. The van der Waals surface area contributed by atoms with Gasteiger partial charge in [0.15, 0.2) is 0 Å². The largest absolute Gasteiger partial charge is 0.489 e. The van der Waals surface area contributed by atoms with Gasteiger partial charge in [-0.2, -0.15) is 5.26 Å². The van der Waals surface area contributed by atoms with E-state index < -0.39 is 0 Å². The highest BCUT2D eigenvalue weighted by Crippen LogP contribution is 2.28. The molecule has 0 amide bonds. The lowest BCUT2D eigenvalue weighted by Gasteiger charge is -2.14. The zero-order chi connectivity index (χ0) is 14.5. The van der Waals surface area contributed by atoms with Gasteiger partial charge in [0.2, 0.25) is 0 Å². The predicted octanol–water partition coefficient (Wildman–Crippen LogP) is 3.67. The van der Waals surface area contributed by atoms with Gasteiger partial charge in [-0.05, 0) is 50.2 Å². The Kier molecular flexibility index (Phi) is 4.11. The van der Waals surface area contributed by atoms with E-state index in [1.807, 2.05) is 44.2 Å². The SMILES string of the molecule is CC(C)Oc1cc(Nc2ccc(C#N)cc2)ccc1N. The van der Waals surface area contributed by atoms with E-state index in [1.165, 1.54) is 0 Å². The number of nitrogen functional groups attached to an aromatic ring is 1. The fourth-order valence-corrected chi connectivity index (χ4v) is 1.76. The summed E-state index contributed by atoms with van der Waals surface area (Å²) in [5.74, 6) is 0.665. The van der Waals surface area contributed by atoms with Crippen molar-refractivity contribution in [3.63, 3.8) is 0 Å². The van der Waals surface area contributed by atoms with Gasteiger partial charge in [0.1, 0.15) is 5.75 Å². The standard InChI is InChI=1S/C16H17N3O/c1-11(2)20-16-9-14(7-8-15(16)18)19-13-5-3-12(10-17)4-6-13/h3-9,11,19H,18H2,1-2H3. The smallest absolute Gasteiger partial charge is 0.144 e. The molecule has 2 aromatic rings. The Bertz CT molecular complexity index is 627. The van der Waals surface area contributed by atoms with Crippen LogP contribution in [0, 0.1) is 11.3 Å². The van der Waals surface area contributed by atoms with E-state index in [9.17, 15) is 0 Å². The van der Waals surface area contributed by atoms with E-state index in [0.29, 0.717) is 17.0 Å². The molecule has 0 bridgehead atoms. The van der Waals surface area contributed by atoms with Gasteiger partial charge in [0.05, 0.1) is 23.4 Å². The Balaban J connectivity index is 2.18. The summed E-state index contributed by atoms with van der Waals surface area (Å²) >= 11 is 0. The molecular formula is C16H17N3O. The van der Waals surface area contributed by atoms with Gasteiger partial charge in [0, 0.05) is 17.4 Å². The molecule has 0 radical (unpaired) electrons. The normalized spacial score (nSPS) is 10.1. The number of hydrogen-bond donors (Lipinski definition) is 2. The molecule has 2 aromatic carbocycles. The average Bonchev–Trinajstić information content (AvgIpc) is 2.43.